The van der Waals surface area contributed by atoms with Gasteiger partial charge in [0.25, 0.3) is 0 Å². The topological polar surface area (TPSA) is 55.8 Å². The van der Waals surface area contributed by atoms with E-state index >= 15 is 0 Å². The largest absolute Gasteiger partial charge is 0.488 e. The molecule has 5 nitrogen and oxygen atoms in total. The van der Waals surface area contributed by atoms with Gasteiger partial charge < -0.3 is 14.4 Å². The van der Waals surface area contributed by atoms with Crippen molar-refractivity contribution in [2.75, 3.05) is 20.2 Å². The molecule has 0 saturated carbocycles. The minimum atomic E-state index is -0.823. The lowest BCUT2D eigenvalue weighted by atomic mass is 9.86. The van der Waals surface area contributed by atoms with Crippen LogP contribution in [0.5, 0.6) is 5.75 Å². The summed E-state index contributed by atoms with van der Waals surface area (Å²) in [7, 11) is 1.21. The van der Waals surface area contributed by atoms with E-state index in [1.807, 2.05) is 18.2 Å². The SMILES string of the molecule is COC(=O)C(=O)N1CCC(Oc2ccccc2C(C)(C)C)C1. The summed E-state index contributed by atoms with van der Waals surface area (Å²) in [5, 5.41) is 0. The molecule has 1 heterocycles. The van der Waals surface area contributed by atoms with Crippen LogP contribution in [0.1, 0.15) is 32.8 Å². The molecule has 1 aliphatic rings. The molecule has 1 aromatic carbocycles. The van der Waals surface area contributed by atoms with Crippen molar-refractivity contribution in [1.82, 2.24) is 4.90 Å². The maximum atomic E-state index is 11.8. The van der Waals surface area contributed by atoms with Crippen molar-refractivity contribution >= 4 is 11.9 Å². The van der Waals surface area contributed by atoms with E-state index in [-0.39, 0.29) is 11.5 Å². The van der Waals surface area contributed by atoms with Crippen molar-refractivity contribution in [3.05, 3.63) is 29.8 Å². The van der Waals surface area contributed by atoms with E-state index in [2.05, 4.69) is 31.6 Å². The first-order valence-corrected chi connectivity index (χ1v) is 7.46. The fourth-order valence-corrected chi connectivity index (χ4v) is 2.59. The number of methoxy groups -OCH3 is 1. The highest BCUT2D eigenvalue weighted by atomic mass is 16.5. The van der Waals surface area contributed by atoms with Crippen molar-refractivity contribution in [1.29, 1.82) is 0 Å². The van der Waals surface area contributed by atoms with Crippen molar-refractivity contribution in [3.63, 3.8) is 0 Å². The van der Waals surface area contributed by atoms with Crippen LogP contribution in [-0.4, -0.2) is 43.1 Å². The Kier molecular flexibility index (Phi) is 4.74. The van der Waals surface area contributed by atoms with Crippen LogP contribution in [0.25, 0.3) is 0 Å². The van der Waals surface area contributed by atoms with Gasteiger partial charge in [-0.2, -0.15) is 0 Å². The van der Waals surface area contributed by atoms with E-state index in [0.717, 1.165) is 11.3 Å². The molecule has 1 unspecified atom stereocenters. The normalized spacial score (nSPS) is 18.2. The predicted molar refractivity (Wildman–Crippen MR) is 82.8 cm³/mol. The Morgan fingerprint density at radius 2 is 1.91 bits per heavy atom. The van der Waals surface area contributed by atoms with Gasteiger partial charge in [0.15, 0.2) is 0 Å². The minimum absolute atomic E-state index is 0.0171. The summed E-state index contributed by atoms with van der Waals surface area (Å²) in [6, 6.07) is 7.94. The first-order chi connectivity index (χ1) is 10.3. The summed E-state index contributed by atoms with van der Waals surface area (Å²) in [5.41, 5.74) is 1.12. The summed E-state index contributed by atoms with van der Waals surface area (Å²) in [4.78, 5) is 24.6. The van der Waals surface area contributed by atoms with E-state index in [9.17, 15) is 9.59 Å². The van der Waals surface area contributed by atoms with Gasteiger partial charge in [-0.3, -0.25) is 4.79 Å². The van der Waals surface area contributed by atoms with Gasteiger partial charge in [0, 0.05) is 13.0 Å². The zero-order chi connectivity index (χ0) is 16.3. The summed E-state index contributed by atoms with van der Waals surface area (Å²) in [5.74, 6) is -0.583. The Morgan fingerprint density at radius 3 is 2.55 bits per heavy atom. The Morgan fingerprint density at radius 1 is 1.23 bits per heavy atom. The van der Waals surface area contributed by atoms with Gasteiger partial charge in [-0.25, -0.2) is 4.79 Å². The molecular formula is C17H23NO4. The quantitative estimate of drug-likeness (QED) is 0.620. The van der Waals surface area contributed by atoms with Gasteiger partial charge in [0.2, 0.25) is 0 Å². The second-order valence-corrected chi connectivity index (χ2v) is 6.52. The Balaban J connectivity index is 2.05. The number of hydrogen-bond donors (Lipinski definition) is 0. The summed E-state index contributed by atoms with van der Waals surface area (Å²) >= 11 is 0. The molecule has 1 fully saturated rings. The molecule has 1 aliphatic heterocycles. The van der Waals surface area contributed by atoms with Crippen LogP contribution in [0, 0.1) is 0 Å². The number of rotatable bonds is 2. The summed E-state index contributed by atoms with van der Waals surface area (Å²) in [6.45, 7) is 7.33. The fraction of sp³-hybridized carbons (Fsp3) is 0.529. The molecular weight excluding hydrogens is 282 g/mol. The molecule has 5 heteroatoms. The number of likely N-dealkylation sites (tertiary alicyclic amines) is 1. The monoisotopic (exact) mass is 305 g/mol. The zero-order valence-corrected chi connectivity index (χ0v) is 13.6. The van der Waals surface area contributed by atoms with Gasteiger partial charge in [0.1, 0.15) is 11.9 Å². The third-order valence-electron chi connectivity index (χ3n) is 3.78. The molecule has 0 radical (unpaired) electrons. The van der Waals surface area contributed by atoms with Crippen LogP contribution in [-0.2, 0) is 19.7 Å². The third-order valence-corrected chi connectivity index (χ3v) is 3.78. The number of benzene rings is 1. The lowest BCUT2D eigenvalue weighted by Gasteiger charge is -2.24. The molecule has 1 aromatic rings. The molecule has 0 N–H and O–H groups in total. The number of ether oxygens (including phenoxy) is 2. The minimum Gasteiger partial charge on any atom is -0.488 e. The number of hydrogen-bond acceptors (Lipinski definition) is 4. The van der Waals surface area contributed by atoms with Crippen molar-refractivity contribution in [3.8, 4) is 5.75 Å². The van der Waals surface area contributed by atoms with E-state index in [4.69, 9.17) is 4.74 Å². The van der Waals surface area contributed by atoms with E-state index in [1.54, 1.807) is 0 Å². The number of carbonyl (C=O) groups is 2. The molecule has 120 valence electrons. The van der Waals surface area contributed by atoms with Crippen LogP contribution in [0.3, 0.4) is 0 Å². The standard InChI is InChI=1S/C17H23NO4/c1-17(2,3)13-7-5-6-8-14(13)22-12-9-10-18(11-12)15(19)16(20)21-4/h5-8,12H,9-11H2,1-4H3. The Bertz CT molecular complexity index is 562. The van der Waals surface area contributed by atoms with Crippen LogP contribution >= 0.6 is 0 Å². The number of carbonyl (C=O) groups excluding carboxylic acids is 2. The van der Waals surface area contributed by atoms with E-state index in [0.29, 0.717) is 19.5 Å². The highest BCUT2D eigenvalue weighted by molar-refractivity contribution is 6.32. The van der Waals surface area contributed by atoms with E-state index in [1.165, 1.54) is 12.0 Å². The van der Waals surface area contributed by atoms with Crippen molar-refractivity contribution in [2.24, 2.45) is 0 Å². The number of nitrogens with zero attached hydrogens (tertiary/aromatic N) is 1. The van der Waals surface area contributed by atoms with Gasteiger partial charge in [-0.1, -0.05) is 39.0 Å². The first-order valence-electron chi connectivity index (χ1n) is 7.46. The number of amides is 1. The van der Waals surface area contributed by atoms with Crippen LogP contribution in [0.4, 0.5) is 0 Å². The lowest BCUT2D eigenvalue weighted by molar-refractivity contribution is -0.157. The van der Waals surface area contributed by atoms with Crippen molar-refractivity contribution in [2.45, 2.75) is 38.7 Å². The summed E-state index contributed by atoms with van der Waals surface area (Å²) < 4.78 is 10.6. The maximum absolute atomic E-state index is 11.8. The van der Waals surface area contributed by atoms with Gasteiger partial charge in [0.05, 0.1) is 13.7 Å². The van der Waals surface area contributed by atoms with Gasteiger partial charge in [-0.05, 0) is 17.0 Å². The number of esters is 1. The summed E-state index contributed by atoms with van der Waals surface area (Å²) in [6.07, 6.45) is 0.610. The van der Waals surface area contributed by atoms with Gasteiger partial charge >= 0.3 is 11.9 Å². The smallest absolute Gasteiger partial charge is 0.396 e. The number of para-hydroxylation sites is 1. The van der Waals surface area contributed by atoms with Gasteiger partial charge in [-0.15, -0.1) is 0 Å². The Labute approximate surface area is 131 Å². The van der Waals surface area contributed by atoms with Crippen molar-refractivity contribution < 1.29 is 19.1 Å². The second kappa shape index (κ2) is 6.38. The Hall–Kier alpha value is -2.04. The molecule has 1 saturated heterocycles. The lowest BCUT2D eigenvalue weighted by Crippen LogP contribution is -2.36. The van der Waals surface area contributed by atoms with Crippen LogP contribution in [0.15, 0.2) is 24.3 Å². The molecule has 1 atom stereocenters. The molecule has 0 aliphatic carbocycles. The maximum Gasteiger partial charge on any atom is 0.396 e. The predicted octanol–water partition coefficient (Wildman–Crippen LogP) is 2.14. The molecule has 0 bridgehead atoms. The van der Waals surface area contributed by atoms with E-state index < -0.39 is 11.9 Å². The molecule has 22 heavy (non-hydrogen) atoms. The molecule has 2 rings (SSSR count). The molecule has 0 spiro atoms. The highest BCUT2D eigenvalue weighted by Crippen LogP contribution is 2.32. The highest BCUT2D eigenvalue weighted by Gasteiger charge is 2.32. The average Bonchev–Trinajstić information content (AvgIpc) is 2.93. The van der Waals surface area contributed by atoms with Crippen LogP contribution in [0.2, 0.25) is 0 Å². The average molecular weight is 305 g/mol. The second-order valence-electron chi connectivity index (χ2n) is 6.52. The first kappa shape index (κ1) is 16.3. The molecule has 0 aromatic heterocycles. The van der Waals surface area contributed by atoms with Crippen LogP contribution < -0.4 is 4.74 Å². The third kappa shape index (κ3) is 3.59. The fourth-order valence-electron chi connectivity index (χ4n) is 2.59. The zero-order valence-electron chi connectivity index (χ0n) is 13.6. The molecule has 1 amide bonds.